The highest BCUT2D eigenvalue weighted by atomic mass is 32.2. The minimum absolute atomic E-state index is 0.0228. The number of hydrogen-bond donors (Lipinski definition) is 4. The SMILES string of the molecule is CCCNC(=O)C(=O)[C@@H]1CCCCCCCCC[C@H](NC(=O)NC2(CS(=O)(=O)C(C)(C)C)CCC(C)(C)CC2)C(=O)N2C[C@H]3[C@@H]([C@H]2C(=O)N1)C3(C)C. The van der Waals surface area contributed by atoms with E-state index in [1.54, 1.807) is 25.7 Å². The van der Waals surface area contributed by atoms with E-state index in [1.807, 2.05) is 6.92 Å². The number of amides is 5. The lowest BCUT2D eigenvalue weighted by Crippen LogP contribution is -2.62. The zero-order valence-electron chi connectivity index (χ0n) is 33.1. The number of nitrogens with zero attached hydrogens (tertiary/aromatic N) is 1. The summed E-state index contributed by atoms with van der Waals surface area (Å²) in [5.41, 5.74) is -1.13. The van der Waals surface area contributed by atoms with Crippen molar-refractivity contribution in [2.24, 2.45) is 22.7 Å². The Hall–Kier alpha value is -2.70. The van der Waals surface area contributed by atoms with Crippen molar-refractivity contribution >= 4 is 39.4 Å². The van der Waals surface area contributed by atoms with Gasteiger partial charge in [0.2, 0.25) is 17.6 Å². The zero-order valence-corrected chi connectivity index (χ0v) is 33.9. The van der Waals surface area contributed by atoms with Crippen molar-refractivity contribution in [1.82, 2.24) is 26.2 Å². The molecule has 5 atom stereocenters. The Morgan fingerprint density at radius 2 is 1.46 bits per heavy atom. The minimum atomic E-state index is -3.58. The van der Waals surface area contributed by atoms with Crippen LogP contribution in [0, 0.1) is 22.7 Å². The van der Waals surface area contributed by atoms with Crippen molar-refractivity contribution in [2.45, 2.75) is 174 Å². The average Bonchev–Trinajstić information content (AvgIpc) is 3.36. The molecule has 2 aliphatic heterocycles. The predicted octanol–water partition coefficient (Wildman–Crippen LogP) is 4.79. The van der Waals surface area contributed by atoms with Crippen LogP contribution >= 0.6 is 0 Å². The van der Waals surface area contributed by atoms with Crippen molar-refractivity contribution in [3.8, 4) is 0 Å². The molecule has 4 fully saturated rings. The molecule has 0 radical (unpaired) electrons. The number of nitrogens with one attached hydrogen (secondary N) is 4. The maximum atomic E-state index is 14.5. The Labute approximate surface area is 312 Å². The third-order valence-electron chi connectivity index (χ3n) is 12.6. The summed E-state index contributed by atoms with van der Waals surface area (Å²) in [6.45, 7) is 16.1. The van der Waals surface area contributed by atoms with E-state index in [1.165, 1.54) is 0 Å². The summed E-state index contributed by atoms with van der Waals surface area (Å²) in [4.78, 5) is 70.2. The molecule has 0 spiro atoms. The van der Waals surface area contributed by atoms with Gasteiger partial charge in [0, 0.05) is 13.1 Å². The average molecular weight is 750 g/mol. The van der Waals surface area contributed by atoms with Crippen LogP contribution in [0.15, 0.2) is 0 Å². The fourth-order valence-electron chi connectivity index (χ4n) is 8.59. The Morgan fingerprint density at radius 3 is 2.04 bits per heavy atom. The first-order valence-electron chi connectivity index (χ1n) is 19.9. The summed E-state index contributed by atoms with van der Waals surface area (Å²) in [5.74, 6) is -2.40. The normalized spacial score (nSPS) is 29.5. The molecule has 2 aliphatic carbocycles. The van der Waals surface area contributed by atoms with Gasteiger partial charge in [0.05, 0.1) is 22.1 Å². The predicted molar refractivity (Wildman–Crippen MR) is 202 cm³/mol. The molecule has 4 rings (SSSR count). The van der Waals surface area contributed by atoms with Crippen molar-refractivity contribution in [1.29, 1.82) is 0 Å². The molecular weight excluding hydrogens is 683 g/mol. The molecular formula is C39H67N5O7S. The highest BCUT2D eigenvalue weighted by molar-refractivity contribution is 7.92. The summed E-state index contributed by atoms with van der Waals surface area (Å²) in [6.07, 6.45) is 9.95. The molecule has 0 unspecified atom stereocenters. The van der Waals surface area contributed by atoms with Crippen LogP contribution in [0.25, 0.3) is 0 Å². The van der Waals surface area contributed by atoms with Crippen LogP contribution in [0.5, 0.6) is 0 Å². The van der Waals surface area contributed by atoms with E-state index in [0.29, 0.717) is 58.0 Å². The van der Waals surface area contributed by atoms with Gasteiger partial charge >= 0.3 is 6.03 Å². The molecule has 52 heavy (non-hydrogen) atoms. The van der Waals surface area contributed by atoms with Gasteiger partial charge in [0.15, 0.2) is 9.84 Å². The van der Waals surface area contributed by atoms with Gasteiger partial charge in [0.1, 0.15) is 12.1 Å². The Kier molecular flexibility index (Phi) is 13.2. The third kappa shape index (κ3) is 9.88. The zero-order chi connectivity index (χ0) is 38.7. The first kappa shape index (κ1) is 42.0. The van der Waals surface area contributed by atoms with Gasteiger partial charge in [0.25, 0.3) is 5.91 Å². The molecule has 13 heteroatoms. The lowest BCUT2D eigenvalue weighted by molar-refractivity contribution is -0.144. The van der Waals surface area contributed by atoms with Crippen LogP contribution in [-0.4, -0.2) is 90.1 Å². The molecule has 0 bridgehead atoms. The Bertz CT molecular complexity index is 1440. The molecule has 12 nitrogen and oxygen atoms in total. The molecule has 4 N–H and O–H groups in total. The highest BCUT2D eigenvalue weighted by Gasteiger charge is 2.69. The van der Waals surface area contributed by atoms with Crippen molar-refractivity contribution in [3.63, 3.8) is 0 Å². The van der Waals surface area contributed by atoms with E-state index < -0.39 is 61.9 Å². The van der Waals surface area contributed by atoms with Crippen LogP contribution in [0.3, 0.4) is 0 Å². The van der Waals surface area contributed by atoms with E-state index in [4.69, 9.17) is 0 Å². The number of fused-ring (bicyclic) bond motifs is 3. The smallest absolute Gasteiger partial charge is 0.315 e. The van der Waals surface area contributed by atoms with Gasteiger partial charge < -0.3 is 26.2 Å². The number of carbonyl (C=O) groups excluding carboxylic acids is 5. The first-order chi connectivity index (χ1) is 24.1. The maximum Gasteiger partial charge on any atom is 0.315 e. The second-order valence-electron chi connectivity index (χ2n) is 18.6. The summed E-state index contributed by atoms with van der Waals surface area (Å²) in [7, 11) is -3.58. The van der Waals surface area contributed by atoms with Crippen LogP contribution in [0.2, 0.25) is 0 Å². The Morgan fingerprint density at radius 1 is 0.885 bits per heavy atom. The fraction of sp³-hybridized carbons (Fsp3) is 0.872. The van der Waals surface area contributed by atoms with Crippen LogP contribution in [-0.2, 0) is 29.0 Å². The van der Waals surface area contributed by atoms with E-state index in [0.717, 1.165) is 44.9 Å². The second-order valence-corrected chi connectivity index (χ2v) is 21.3. The summed E-state index contributed by atoms with van der Waals surface area (Å²) in [5, 5.41) is 11.6. The molecule has 296 valence electrons. The van der Waals surface area contributed by atoms with Gasteiger partial charge in [-0.25, -0.2) is 13.2 Å². The van der Waals surface area contributed by atoms with Crippen LogP contribution < -0.4 is 21.3 Å². The second kappa shape index (κ2) is 16.3. The number of rotatable bonds is 8. The molecule has 2 heterocycles. The molecule has 2 saturated carbocycles. The van der Waals surface area contributed by atoms with Gasteiger partial charge in [-0.1, -0.05) is 79.6 Å². The molecule has 0 aromatic carbocycles. The van der Waals surface area contributed by atoms with Gasteiger partial charge in [-0.3, -0.25) is 19.2 Å². The summed E-state index contributed by atoms with van der Waals surface area (Å²) < 4.78 is 26.0. The molecule has 4 aliphatic rings. The van der Waals surface area contributed by atoms with Gasteiger partial charge in [-0.2, -0.15) is 0 Å². The quantitative estimate of drug-likeness (QED) is 0.259. The number of urea groups is 1. The van der Waals surface area contributed by atoms with Crippen molar-refractivity contribution in [3.05, 3.63) is 0 Å². The van der Waals surface area contributed by atoms with E-state index in [-0.39, 0.29) is 34.3 Å². The topological polar surface area (TPSA) is 171 Å². The van der Waals surface area contributed by atoms with Crippen molar-refractivity contribution in [2.75, 3.05) is 18.8 Å². The standard InChI is InChI=1S/C39H67N5O7S/c1-9-23-40-33(47)31(45)27-17-15-13-11-10-12-14-16-18-28(34(48)44-24-26-29(38(26,7)8)30(44)32(46)41-27)42-35(49)43-39(21-19-37(5,6)20-22-39)25-52(50,51)36(2,3)4/h26-30H,9-25H2,1-8H3,(H,40,47)(H,41,46)(H2,42,43,49)/t26-,27-,28-,29-,30-/m0/s1. The minimum Gasteiger partial charge on any atom is -0.349 e. The number of ketones is 1. The van der Waals surface area contributed by atoms with Crippen molar-refractivity contribution < 1.29 is 32.4 Å². The summed E-state index contributed by atoms with van der Waals surface area (Å²) >= 11 is 0. The molecule has 5 amide bonds. The Balaban J connectivity index is 1.59. The third-order valence-corrected chi connectivity index (χ3v) is 15.4. The van der Waals surface area contributed by atoms with Crippen LogP contribution in [0.4, 0.5) is 4.79 Å². The number of Topliss-reactive ketones (excluding diaryl/α,β-unsaturated/α-hetero) is 1. The molecule has 0 aromatic heterocycles. The molecule has 2 saturated heterocycles. The number of piperidine rings is 1. The highest BCUT2D eigenvalue weighted by Crippen LogP contribution is 2.65. The monoisotopic (exact) mass is 749 g/mol. The number of sulfone groups is 1. The fourth-order valence-corrected chi connectivity index (χ4v) is 10.1. The number of hydrogen-bond acceptors (Lipinski definition) is 7. The molecule has 0 aromatic rings. The van der Waals surface area contributed by atoms with E-state index in [2.05, 4.69) is 49.0 Å². The summed E-state index contributed by atoms with van der Waals surface area (Å²) in [6, 6.07) is -3.33. The number of carbonyl (C=O) groups is 5. The lowest BCUT2D eigenvalue weighted by Gasteiger charge is -2.45. The lowest BCUT2D eigenvalue weighted by atomic mass is 9.70. The van der Waals surface area contributed by atoms with Gasteiger partial charge in [-0.05, 0) is 88.4 Å². The largest absolute Gasteiger partial charge is 0.349 e. The van der Waals surface area contributed by atoms with Gasteiger partial charge in [-0.15, -0.1) is 0 Å². The van der Waals surface area contributed by atoms with E-state index >= 15 is 0 Å². The maximum absolute atomic E-state index is 14.5. The van der Waals surface area contributed by atoms with Crippen LogP contribution in [0.1, 0.15) is 145 Å². The van der Waals surface area contributed by atoms with E-state index in [9.17, 15) is 32.4 Å². The first-order valence-corrected chi connectivity index (χ1v) is 21.5.